The molecule has 1 unspecified atom stereocenters. The molecule has 2 atom stereocenters. The monoisotopic (exact) mass is 408 g/mol. The summed E-state index contributed by atoms with van der Waals surface area (Å²) in [7, 11) is 1.45. The molecular weight excluding hydrogens is 379 g/mol. The first-order valence-electron chi connectivity index (χ1n) is 10.00. The summed E-state index contributed by atoms with van der Waals surface area (Å²) in [6.45, 7) is 2.83. The van der Waals surface area contributed by atoms with Gasteiger partial charge in [-0.15, -0.1) is 0 Å². The molecule has 8 nitrogen and oxygen atoms in total. The number of hydrogen-bond donors (Lipinski definition) is 3. The van der Waals surface area contributed by atoms with Gasteiger partial charge in [0.25, 0.3) is 0 Å². The van der Waals surface area contributed by atoms with Gasteiger partial charge in [0.05, 0.1) is 12.8 Å². The Kier molecular flexibility index (Phi) is 6.59. The maximum atomic E-state index is 15.2. The second kappa shape index (κ2) is 8.96. The molecule has 1 aromatic rings. The number of ketones is 1. The predicted octanol–water partition coefficient (Wildman–Crippen LogP) is 1.06. The molecule has 3 rings (SSSR count). The summed E-state index contributed by atoms with van der Waals surface area (Å²) in [4.78, 5) is 28.2. The molecule has 0 aromatic heterocycles. The smallest absolute Gasteiger partial charge is 0.316 e. The number of methoxy groups -OCH3 is 1. The minimum absolute atomic E-state index is 0.0264. The zero-order valence-corrected chi connectivity index (χ0v) is 16.7. The Morgan fingerprint density at radius 2 is 2.07 bits per heavy atom. The van der Waals surface area contributed by atoms with Crippen molar-refractivity contribution in [3.8, 4) is 5.75 Å². The van der Waals surface area contributed by atoms with Gasteiger partial charge in [-0.25, -0.2) is 4.39 Å². The van der Waals surface area contributed by atoms with E-state index in [4.69, 9.17) is 16.2 Å². The van der Waals surface area contributed by atoms with E-state index in [1.807, 2.05) is 9.80 Å². The number of carbonyl (C=O) groups excluding carboxylic acids is 1. The standard InChI is InChI=1S/C20H29FN4O4/c1-29-19-16-13(8-15(21)17(19)25-7-4-12(9-23)10-25)18(26)14(20(27)28)11-24(16)6-3-2-5-22/h8,12,14H,2-7,9-11,22-23H2,1H3,(H,27,28)/t12-,14?/m0/s1. The Balaban J connectivity index is 2.09. The zero-order chi connectivity index (χ0) is 21.1. The van der Waals surface area contributed by atoms with Gasteiger partial charge in [0.2, 0.25) is 0 Å². The normalized spacial score (nSPS) is 21.4. The number of hydrogen-bond acceptors (Lipinski definition) is 7. The van der Waals surface area contributed by atoms with Crippen LogP contribution < -0.4 is 26.0 Å². The van der Waals surface area contributed by atoms with Crippen molar-refractivity contribution in [3.63, 3.8) is 0 Å². The average molecular weight is 408 g/mol. The maximum absolute atomic E-state index is 15.2. The van der Waals surface area contributed by atoms with E-state index in [-0.39, 0.29) is 23.8 Å². The van der Waals surface area contributed by atoms with Crippen molar-refractivity contribution in [3.05, 3.63) is 17.4 Å². The summed E-state index contributed by atoms with van der Waals surface area (Å²) in [6.07, 6.45) is 2.35. The molecule has 2 heterocycles. The van der Waals surface area contributed by atoms with Crippen LogP contribution in [-0.2, 0) is 4.79 Å². The van der Waals surface area contributed by atoms with Gasteiger partial charge in [0.15, 0.2) is 17.3 Å². The summed E-state index contributed by atoms with van der Waals surface area (Å²) in [5, 5.41) is 9.49. The van der Waals surface area contributed by atoms with Gasteiger partial charge in [0.1, 0.15) is 11.6 Å². The largest absolute Gasteiger partial charge is 0.492 e. The predicted molar refractivity (Wildman–Crippen MR) is 108 cm³/mol. The van der Waals surface area contributed by atoms with Crippen molar-refractivity contribution < 1.29 is 23.8 Å². The second-order valence-corrected chi connectivity index (χ2v) is 7.67. The number of carbonyl (C=O) groups is 2. The number of halogens is 1. The van der Waals surface area contributed by atoms with Crippen molar-refractivity contribution in [1.82, 2.24) is 0 Å². The highest BCUT2D eigenvalue weighted by atomic mass is 19.1. The van der Waals surface area contributed by atoms with Crippen molar-refractivity contribution >= 4 is 23.1 Å². The number of Topliss-reactive ketones (excluding diaryl/α,β-unsaturated/α-hetero) is 1. The second-order valence-electron chi connectivity index (χ2n) is 7.67. The van der Waals surface area contributed by atoms with Gasteiger partial charge >= 0.3 is 5.97 Å². The van der Waals surface area contributed by atoms with Crippen molar-refractivity contribution in [2.45, 2.75) is 19.3 Å². The van der Waals surface area contributed by atoms with Crippen LogP contribution in [0.4, 0.5) is 15.8 Å². The number of carboxylic acid groups (broad SMARTS) is 1. The van der Waals surface area contributed by atoms with Crippen LogP contribution in [0.15, 0.2) is 6.07 Å². The number of nitrogens with two attached hydrogens (primary N) is 2. The number of rotatable bonds is 8. The number of nitrogens with zero attached hydrogens (tertiary/aromatic N) is 2. The Hall–Kier alpha value is -2.39. The van der Waals surface area contributed by atoms with Crippen LogP contribution in [0.2, 0.25) is 0 Å². The first-order chi connectivity index (χ1) is 13.9. The molecule has 0 spiro atoms. The first-order valence-corrected chi connectivity index (χ1v) is 10.00. The molecule has 2 aliphatic heterocycles. The van der Waals surface area contributed by atoms with Crippen LogP contribution in [-0.4, -0.2) is 63.2 Å². The maximum Gasteiger partial charge on any atom is 0.316 e. The summed E-state index contributed by atoms with van der Waals surface area (Å²) in [5.74, 6) is -3.06. The van der Waals surface area contributed by atoms with E-state index < -0.39 is 23.5 Å². The molecule has 0 saturated carbocycles. The number of aliphatic carboxylic acids is 1. The minimum atomic E-state index is -1.23. The Morgan fingerprint density at radius 1 is 1.31 bits per heavy atom. The molecule has 1 saturated heterocycles. The Morgan fingerprint density at radius 3 is 2.66 bits per heavy atom. The van der Waals surface area contributed by atoms with E-state index >= 15 is 4.39 Å². The van der Waals surface area contributed by atoms with E-state index in [0.29, 0.717) is 44.1 Å². The Bertz CT molecular complexity index is 788. The fourth-order valence-electron chi connectivity index (χ4n) is 4.25. The van der Waals surface area contributed by atoms with Gasteiger partial charge < -0.3 is 31.1 Å². The number of ether oxygens (including phenoxy) is 1. The number of benzene rings is 1. The van der Waals surface area contributed by atoms with Gasteiger partial charge in [-0.05, 0) is 44.3 Å². The van der Waals surface area contributed by atoms with Crippen molar-refractivity contribution in [2.24, 2.45) is 23.3 Å². The summed E-state index contributed by atoms with van der Waals surface area (Å²) >= 11 is 0. The fraction of sp³-hybridized carbons (Fsp3) is 0.600. The SMILES string of the molecule is COc1c(N2CC[C@@H](CN)C2)c(F)cc2c1N(CCCCN)CC(C(=O)O)C2=O. The third-order valence-corrected chi connectivity index (χ3v) is 5.80. The van der Waals surface area contributed by atoms with Gasteiger partial charge in [0, 0.05) is 31.7 Å². The van der Waals surface area contributed by atoms with Gasteiger partial charge in [-0.3, -0.25) is 9.59 Å². The summed E-state index contributed by atoms with van der Waals surface area (Å²) in [5.41, 5.74) is 12.2. The summed E-state index contributed by atoms with van der Waals surface area (Å²) in [6, 6.07) is 1.16. The highest BCUT2D eigenvalue weighted by molar-refractivity contribution is 6.14. The lowest BCUT2D eigenvalue weighted by Gasteiger charge is -2.36. The van der Waals surface area contributed by atoms with E-state index in [2.05, 4.69) is 0 Å². The van der Waals surface area contributed by atoms with Crippen LogP contribution in [0.25, 0.3) is 0 Å². The lowest BCUT2D eigenvalue weighted by Crippen LogP contribution is -2.44. The Labute approximate surface area is 169 Å². The summed E-state index contributed by atoms with van der Waals surface area (Å²) < 4.78 is 20.8. The molecule has 29 heavy (non-hydrogen) atoms. The molecule has 0 aliphatic carbocycles. The average Bonchev–Trinajstić information content (AvgIpc) is 3.17. The van der Waals surface area contributed by atoms with E-state index in [1.54, 1.807) is 0 Å². The van der Waals surface area contributed by atoms with Crippen LogP contribution in [0.5, 0.6) is 5.75 Å². The number of carboxylic acids is 1. The molecule has 1 aromatic carbocycles. The first kappa shape index (κ1) is 21.3. The minimum Gasteiger partial charge on any atom is -0.492 e. The van der Waals surface area contributed by atoms with E-state index in [1.165, 1.54) is 7.11 Å². The highest BCUT2D eigenvalue weighted by Crippen LogP contribution is 2.47. The molecule has 0 radical (unpaired) electrons. The molecule has 5 N–H and O–H groups in total. The topological polar surface area (TPSA) is 122 Å². The molecule has 9 heteroatoms. The van der Waals surface area contributed by atoms with Crippen LogP contribution >= 0.6 is 0 Å². The lowest BCUT2D eigenvalue weighted by molar-refractivity contribution is -0.139. The van der Waals surface area contributed by atoms with Crippen LogP contribution in [0.1, 0.15) is 29.6 Å². The third-order valence-electron chi connectivity index (χ3n) is 5.80. The lowest BCUT2D eigenvalue weighted by atomic mass is 9.89. The zero-order valence-electron chi connectivity index (χ0n) is 16.7. The quantitative estimate of drug-likeness (QED) is 0.431. The molecular formula is C20H29FN4O4. The molecule has 160 valence electrons. The number of fused-ring (bicyclic) bond motifs is 1. The van der Waals surface area contributed by atoms with Crippen LogP contribution in [0.3, 0.4) is 0 Å². The fourth-order valence-corrected chi connectivity index (χ4v) is 4.25. The van der Waals surface area contributed by atoms with Gasteiger partial charge in [-0.1, -0.05) is 0 Å². The van der Waals surface area contributed by atoms with Crippen LogP contribution in [0, 0.1) is 17.7 Å². The van der Waals surface area contributed by atoms with E-state index in [9.17, 15) is 14.7 Å². The highest BCUT2D eigenvalue weighted by Gasteiger charge is 2.41. The molecule has 1 fully saturated rings. The van der Waals surface area contributed by atoms with Crippen molar-refractivity contribution in [1.29, 1.82) is 0 Å². The van der Waals surface area contributed by atoms with Gasteiger partial charge in [-0.2, -0.15) is 0 Å². The number of anilines is 2. The van der Waals surface area contributed by atoms with E-state index in [0.717, 1.165) is 25.3 Å². The number of unbranched alkanes of at least 4 members (excludes halogenated alkanes) is 1. The molecule has 0 bridgehead atoms. The molecule has 0 amide bonds. The van der Waals surface area contributed by atoms with Crippen molar-refractivity contribution in [2.75, 3.05) is 56.2 Å². The molecule has 2 aliphatic rings. The third kappa shape index (κ3) is 4.02.